The molecule has 2 amide bonds. The Labute approximate surface area is 377 Å². The van der Waals surface area contributed by atoms with Gasteiger partial charge in [0.1, 0.15) is 35.3 Å². The summed E-state index contributed by atoms with van der Waals surface area (Å²) in [6.07, 6.45) is 7.65. The molecule has 1 aliphatic carbocycles. The van der Waals surface area contributed by atoms with Crippen molar-refractivity contribution in [2.75, 3.05) is 30.3 Å². The molecule has 2 fully saturated rings. The van der Waals surface area contributed by atoms with Crippen LogP contribution >= 0.6 is 23.2 Å². The molecule has 1 aliphatic heterocycles. The Morgan fingerprint density at radius 1 is 0.766 bits per heavy atom. The van der Waals surface area contributed by atoms with Gasteiger partial charge in [0, 0.05) is 72.6 Å². The Morgan fingerprint density at radius 3 is 1.92 bits per heavy atom. The number of carbonyl (C=O) groups excluding carboxylic acids is 2. The first-order valence-electron chi connectivity index (χ1n) is 21.2. The molecule has 0 radical (unpaired) electrons. The number of hydrogen-bond acceptors (Lipinski definition) is 11. The van der Waals surface area contributed by atoms with Crippen LogP contribution in [0.4, 0.5) is 20.2 Å². The van der Waals surface area contributed by atoms with Gasteiger partial charge in [-0.1, -0.05) is 23.2 Å². The van der Waals surface area contributed by atoms with Gasteiger partial charge < -0.3 is 36.2 Å². The van der Waals surface area contributed by atoms with Crippen LogP contribution in [0.5, 0.6) is 0 Å². The highest BCUT2D eigenvalue weighted by molar-refractivity contribution is 6.31. The van der Waals surface area contributed by atoms with E-state index in [2.05, 4.69) is 36.2 Å². The van der Waals surface area contributed by atoms with E-state index in [1.54, 1.807) is 41.2 Å². The van der Waals surface area contributed by atoms with E-state index < -0.39 is 48.0 Å². The number of fused-ring (bicyclic) bond motifs is 2. The standard InChI is InChI=1S/C45H50Cl2F2N10O5/c1-44(2,62)36(48)22-54-42(60)30-20-50-38(58-10-8-24-12-26(46)18-52-40(24)58)16-32(30)57-29-9-11-64-35(15-29)34-14-25-13-27(47)19-53-41(25)59(34)39-17-33(56-28-6-5-7-28)31(21-51-39)43(61)55-23-37(49)45(3,4)63/h8,10,12-14,16-21,28-29,35-37,62-63H,5-7,9,11,15,22-23H2,1-4H3,(H,50,57)(H,51,56)(H,54,60)(H,55,61)/t29?,35?,36-,37-/m1/s1. The number of aliphatic hydroxyl groups is 2. The zero-order chi connectivity index (χ0) is 45.5. The van der Waals surface area contributed by atoms with Gasteiger partial charge in [-0.25, -0.2) is 28.7 Å². The fourth-order valence-electron chi connectivity index (χ4n) is 7.67. The number of nitrogens with one attached hydrogen (secondary N) is 4. The number of nitrogens with zero attached hydrogens (tertiary/aromatic N) is 6. The summed E-state index contributed by atoms with van der Waals surface area (Å²) >= 11 is 12.7. The molecule has 0 bridgehead atoms. The van der Waals surface area contributed by atoms with Crippen LogP contribution in [0.15, 0.2) is 67.4 Å². The van der Waals surface area contributed by atoms with Gasteiger partial charge in [0.2, 0.25) is 0 Å². The number of anilines is 2. The molecule has 4 atom stereocenters. The molecule has 15 nitrogen and oxygen atoms in total. The highest BCUT2D eigenvalue weighted by Gasteiger charge is 2.32. The van der Waals surface area contributed by atoms with Crippen molar-refractivity contribution in [1.29, 1.82) is 0 Å². The first-order valence-corrected chi connectivity index (χ1v) is 21.9. The minimum atomic E-state index is -1.72. The third-order valence-electron chi connectivity index (χ3n) is 11.7. The summed E-state index contributed by atoms with van der Waals surface area (Å²) in [4.78, 5) is 45.7. The van der Waals surface area contributed by atoms with E-state index >= 15 is 0 Å². The van der Waals surface area contributed by atoms with E-state index in [0.29, 0.717) is 69.5 Å². The molecule has 6 aromatic rings. The van der Waals surface area contributed by atoms with Gasteiger partial charge in [-0.2, -0.15) is 0 Å². The fraction of sp³-hybridized carbons (Fsp3) is 0.422. The second-order valence-corrected chi connectivity index (χ2v) is 18.4. The van der Waals surface area contributed by atoms with Gasteiger partial charge in [-0.05, 0) is 84.1 Å². The third-order valence-corrected chi connectivity index (χ3v) is 12.1. The normalized spacial score (nSPS) is 18.1. The topological polar surface area (TPSA) is 193 Å². The van der Waals surface area contributed by atoms with E-state index in [4.69, 9.17) is 32.9 Å². The average molecular weight is 920 g/mol. The first-order chi connectivity index (χ1) is 30.4. The summed E-state index contributed by atoms with van der Waals surface area (Å²) in [7, 11) is 0. The van der Waals surface area contributed by atoms with Crippen LogP contribution in [-0.2, 0) is 4.74 Å². The van der Waals surface area contributed by atoms with Gasteiger partial charge in [0.25, 0.3) is 11.8 Å². The fourth-order valence-corrected chi connectivity index (χ4v) is 8.00. The van der Waals surface area contributed by atoms with E-state index in [9.17, 15) is 28.6 Å². The van der Waals surface area contributed by atoms with E-state index in [1.165, 1.54) is 46.3 Å². The van der Waals surface area contributed by atoms with Gasteiger partial charge in [0.05, 0.1) is 68.6 Å². The Hall–Kier alpha value is -5.46. The quantitative estimate of drug-likeness (QED) is 0.0600. The molecule has 6 N–H and O–H groups in total. The molecule has 0 spiro atoms. The summed E-state index contributed by atoms with van der Waals surface area (Å²) in [5, 5.41) is 35.0. The molecule has 1 saturated heterocycles. The monoisotopic (exact) mass is 918 g/mol. The summed E-state index contributed by atoms with van der Waals surface area (Å²) in [5.41, 5.74) is -0.124. The number of alkyl halides is 2. The van der Waals surface area contributed by atoms with Gasteiger partial charge in [0.15, 0.2) is 0 Å². The lowest BCUT2D eigenvalue weighted by molar-refractivity contribution is -0.00209. The highest BCUT2D eigenvalue weighted by atomic mass is 35.5. The number of hydrogen-bond donors (Lipinski definition) is 6. The Balaban J connectivity index is 1.12. The van der Waals surface area contributed by atoms with Gasteiger partial charge >= 0.3 is 0 Å². The predicted molar refractivity (Wildman–Crippen MR) is 241 cm³/mol. The van der Waals surface area contributed by atoms with Crippen molar-refractivity contribution >= 4 is 68.5 Å². The number of halogens is 4. The molecule has 19 heteroatoms. The lowest BCUT2D eigenvalue weighted by Crippen LogP contribution is -2.42. The minimum absolute atomic E-state index is 0.130. The van der Waals surface area contributed by atoms with Crippen LogP contribution in [0.25, 0.3) is 33.7 Å². The summed E-state index contributed by atoms with van der Waals surface area (Å²) in [6.45, 7) is 4.88. The number of aromatic nitrogens is 6. The van der Waals surface area contributed by atoms with Crippen molar-refractivity contribution in [2.24, 2.45) is 0 Å². The largest absolute Gasteiger partial charge is 0.387 e. The Kier molecular flexibility index (Phi) is 12.8. The molecule has 2 unspecified atom stereocenters. The van der Waals surface area contributed by atoms with Crippen LogP contribution in [0.3, 0.4) is 0 Å². The molecular formula is C45H50Cl2F2N10O5. The van der Waals surface area contributed by atoms with Gasteiger partial charge in [-0.3, -0.25) is 18.7 Å². The molecule has 0 aromatic carbocycles. The maximum Gasteiger partial charge on any atom is 0.255 e. The van der Waals surface area contributed by atoms with Crippen LogP contribution in [0, 0.1) is 0 Å². The van der Waals surface area contributed by atoms with Crippen LogP contribution in [-0.4, -0.2) is 106 Å². The van der Waals surface area contributed by atoms with Crippen molar-refractivity contribution in [3.05, 3.63) is 94.2 Å². The molecule has 8 rings (SSSR count). The highest BCUT2D eigenvalue weighted by Crippen LogP contribution is 2.37. The molecule has 338 valence electrons. The summed E-state index contributed by atoms with van der Waals surface area (Å²) in [5.74, 6) is -0.217. The minimum Gasteiger partial charge on any atom is -0.387 e. The van der Waals surface area contributed by atoms with Crippen LogP contribution in [0.2, 0.25) is 10.0 Å². The van der Waals surface area contributed by atoms with Crippen LogP contribution < -0.4 is 21.3 Å². The zero-order valence-corrected chi connectivity index (χ0v) is 37.2. The smallest absolute Gasteiger partial charge is 0.255 e. The van der Waals surface area contributed by atoms with Crippen LogP contribution in [0.1, 0.15) is 92.3 Å². The Morgan fingerprint density at radius 2 is 1.33 bits per heavy atom. The predicted octanol–water partition coefficient (Wildman–Crippen LogP) is 7.44. The van der Waals surface area contributed by atoms with Crippen molar-refractivity contribution in [3.63, 3.8) is 0 Å². The number of carbonyl (C=O) groups is 2. The zero-order valence-electron chi connectivity index (χ0n) is 35.7. The molecule has 1 saturated carbocycles. The van der Waals surface area contributed by atoms with E-state index in [0.717, 1.165) is 30.0 Å². The van der Waals surface area contributed by atoms with E-state index in [1.807, 2.05) is 16.7 Å². The maximum absolute atomic E-state index is 14.8. The molecule has 64 heavy (non-hydrogen) atoms. The summed E-state index contributed by atoms with van der Waals surface area (Å²) in [6, 6.07) is 10.8. The maximum atomic E-state index is 14.8. The molecule has 7 heterocycles. The van der Waals surface area contributed by atoms with Crippen molar-refractivity contribution in [1.82, 2.24) is 39.7 Å². The number of pyridine rings is 4. The molecule has 6 aromatic heterocycles. The number of ether oxygens (including phenoxy) is 1. The second kappa shape index (κ2) is 18.2. The summed E-state index contributed by atoms with van der Waals surface area (Å²) < 4.78 is 39.6. The average Bonchev–Trinajstić information content (AvgIpc) is 3.83. The number of amides is 2. The van der Waals surface area contributed by atoms with Crippen molar-refractivity contribution < 1.29 is 33.3 Å². The first kappa shape index (κ1) is 45.1. The molecule has 2 aliphatic rings. The second-order valence-electron chi connectivity index (χ2n) is 17.6. The number of rotatable bonds is 15. The lowest BCUT2D eigenvalue weighted by Gasteiger charge is -2.32. The van der Waals surface area contributed by atoms with E-state index in [-0.39, 0.29) is 29.8 Å². The lowest BCUT2D eigenvalue weighted by atomic mass is 9.92. The van der Waals surface area contributed by atoms with Gasteiger partial charge in [-0.15, -0.1) is 0 Å². The molecular weight excluding hydrogens is 869 g/mol. The SMILES string of the molecule is CC(C)(O)[C@H](F)CNC(=O)c1cnc(-n2c(C3CC(Nc4cc(-n5ccc6cc(Cl)cnc65)ncc4C(=O)NC[C@@H](F)C(C)(C)O)CCO3)cc3cc(Cl)cnc32)cc1NC1CCC1. The third kappa shape index (κ3) is 9.78. The van der Waals surface area contributed by atoms with Crippen molar-refractivity contribution in [2.45, 2.75) is 102 Å². The van der Waals surface area contributed by atoms with Crippen molar-refractivity contribution in [3.8, 4) is 11.6 Å². The Bertz CT molecular complexity index is 2700.